The molecule has 174 valence electrons. The number of hydrogen-bond acceptors (Lipinski definition) is 4. The molecule has 0 radical (unpaired) electrons. The summed E-state index contributed by atoms with van der Waals surface area (Å²) in [6.45, 7) is 8.18. The molecule has 0 bridgehead atoms. The largest absolute Gasteiger partial charge is 0.480 e. The molecular formula is C26H36N2O4. The number of ether oxygens (including phenoxy) is 1. The third-order valence-corrected chi connectivity index (χ3v) is 5.01. The van der Waals surface area contributed by atoms with E-state index in [4.69, 9.17) is 4.74 Å². The molecule has 6 nitrogen and oxygen atoms in total. The van der Waals surface area contributed by atoms with Crippen LogP contribution < -0.4 is 10.6 Å². The predicted molar refractivity (Wildman–Crippen MR) is 128 cm³/mol. The number of carboxylic acid groups (broad SMARTS) is 1. The third kappa shape index (κ3) is 9.10. The summed E-state index contributed by atoms with van der Waals surface area (Å²) in [4.78, 5) is 23.3. The number of carbonyl (C=O) groups is 2. The molecule has 0 spiro atoms. The standard InChI is InChI=1S/C26H36N2O4/c1-5-6-7-19-8-12-21(13-9-19)22-14-10-20(11-15-22)18-28-23(24(29)30)16-17-27-25(31)32-26(2,3)4/h8-15,23,28H,5-7,16-18H2,1-4H3,(H,27,31)(H,29,30). The first-order chi connectivity index (χ1) is 15.2. The fraction of sp³-hybridized carbons (Fsp3) is 0.462. The van der Waals surface area contributed by atoms with Crippen LogP contribution in [0.25, 0.3) is 11.1 Å². The van der Waals surface area contributed by atoms with Gasteiger partial charge < -0.3 is 20.5 Å². The Kier molecular flexibility index (Phi) is 9.72. The Bertz CT molecular complexity index is 855. The van der Waals surface area contributed by atoms with Crippen LogP contribution >= 0.6 is 0 Å². The zero-order valence-electron chi connectivity index (χ0n) is 19.6. The number of nitrogens with one attached hydrogen (secondary N) is 2. The van der Waals surface area contributed by atoms with Crippen LogP contribution in [0.1, 0.15) is 58.1 Å². The van der Waals surface area contributed by atoms with E-state index >= 15 is 0 Å². The first-order valence-corrected chi connectivity index (χ1v) is 11.3. The number of aliphatic carboxylic acids is 1. The van der Waals surface area contributed by atoms with Crippen LogP contribution in [0.4, 0.5) is 4.79 Å². The second kappa shape index (κ2) is 12.2. The van der Waals surface area contributed by atoms with Gasteiger partial charge in [-0.2, -0.15) is 0 Å². The maximum atomic E-state index is 11.7. The van der Waals surface area contributed by atoms with E-state index in [0.717, 1.165) is 17.5 Å². The minimum atomic E-state index is -0.948. The van der Waals surface area contributed by atoms with Crippen molar-refractivity contribution in [2.24, 2.45) is 0 Å². The number of aryl methyl sites for hydroxylation is 1. The van der Waals surface area contributed by atoms with Crippen molar-refractivity contribution in [1.29, 1.82) is 0 Å². The van der Waals surface area contributed by atoms with Crippen LogP contribution in [0.15, 0.2) is 48.5 Å². The fourth-order valence-electron chi connectivity index (χ4n) is 3.25. The number of carboxylic acids is 1. The van der Waals surface area contributed by atoms with Gasteiger partial charge in [-0.1, -0.05) is 61.9 Å². The molecule has 0 aliphatic carbocycles. The molecule has 0 saturated carbocycles. The van der Waals surface area contributed by atoms with Crippen molar-refractivity contribution in [2.45, 2.75) is 71.6 Å². The van der Waals surface area contributed by atoms with Crippen molar-refractivity contribution >= 4 is 12.1 Å². The van der Waals surface area contributed by atoms with Crippen LogP contribution in [0.3, 0.4) is 0 Å². The van der Waals surface area contributed by atoms with Crippen LogP contribution in [0, 0.1) is 0 Å². The summed E-state index contributed by atoms with van der Waals surface area (Å²) in [5.74, 6) is -0.948. The lowest BCUT2D eigenvalue weighted by Gasteiger charge is -2.20. The number of rotatable bonds is 11. The monoisotopic (exact) mass is 440 g/mol. The van der Waals surface area contributed by atoms with Crippen molar-refractivity contribution < 1.29 is 19.4 Å². The molecule has 32 heavy (non-hydrogen) atoms. The topological polar surface area (TPSA) is 87.7 Å². The van der Waals surface area contributed by atoms with E-state index in [2.05, 4.69) is 54.0 Å². The summed E-state index contributed by atoms with van der Waals surface area (Å²) >= 11 is 0. The highest BCUT2D eigenvalue weighted by molar-refractivity contribution is 5.73. The zero-order valence-corrected chi connectivity index (χ0v) is 19.6. The van der Waals surface area contributed by atoms with E-state index in [0.29, 0.717) is 6.54 Å². The van der Waals surface area contributed by atoms with Crippen LogP contribution in [-0.2, 0) is 22.5 Å². The molecular weight excluding hydrogens is 404 g/mol. The molecule has 0 saturated heterocycles. The highest BCUT2D eigenvalue weighted by Gasteiger charge is 2.19. The summed E-state index contributed by atoms with van der Waals surface area (Å²) in [7, 11) is 0. The van der Waals surface area contributed by atoms with Crippen molar-refractivity contribution in [2.75, 3.05) is 6.54 Å². The lowest BCUT2D eigenvalue weighted by molar-refractivity contribution is -0.139. The molecule has 6 heteroatoms. The molecule has 0 aliphatic rings. The number of benzene rings is 2. The Hall–Kier alpha value is -2.86. The molecule has 2 rings (SSSR count). The van der Waals surface area contributed by atoms with Gasteiger partial charge >= 0.3 is 12.1 Å². The first kappa shape index (κ1) is 25.4. The molecule has 2 aromatic rings. The summed E-state index contributed by atoms with van der Waals surface area (Å²) in [6.07, 6.45) is 3.22. The van der Waals surface area contributed by atoms with Crippen LogP contribution in [0.5, 0.6) is 0 Å². The van der Waals surface area contributed by atoms with E-state index < -0.39 is 23.7 Å². The number of unbranched alkanes of at least 4 members (excludes halogenated alkanes) is 1. The average Bonchev–Trinajstić information content (AvgIpc) is 2.74. The molecule has 0 heterocycles. The lowest BCUT2D eigenvalue weighted by atomic mass is 10.0. The fourth-order valence-corrected chi connectivity index (χ4v) is 3.25. The summed E-state index contributed by atoms with van der Waals surface area (Å²) in [5, 5.41) is 15.1. The normalized spacial score (nSPS) is 12.2. The van der Waals surface area contributed by atoms with Crippen molar-refractivity contribution in [3.8, 4) is 11.1 Å². The van der Waals surface area contributed by atoms with Gasteiger partial charge in [0.05, 0.1) is 0 Å². The number of carbonyl (C=O) groups excluding carboxylic acids is 1. The molecule has 1 amide bonds. The van der Waals surface area contributed by atoms with Gasteiger partial charge in [-0.05, 0) is 62.3 Å². The second-order valence-electron chi connectivity index (χ2n) is 8.99. The maximum Gasteiger partial charge on any atom is 0.407 e. The van der Waals surface area contributed by atoms with Gasteiger partial charge in [-0.3, -0.25) is 4.79 Å². The quantitative estimate of drug-likeness (QED) is 0.450. The molecule has 0 aliphatic heterocycles. The minimum absolute atomic E-state index is 0.214. The van der Waals surface area contributed by atoms with E-state index in [9.17, 15) is 14.7 Å². The SMILES string of the molecule is CCCCc1ccc(-c2ccc(CNC(CCNC(=O)OC(C)(C)C)C(=O)O)cc2)cc1. The van der Waals surface area contributed by atoms with Crippen molar-refractivity contribution in [1.82, 2.24) is 10.6 Å². The van der Waals surface area contributed by atoms with Gasteiger partial charge in [0.2, 0.25) is 0 Å². The third-order valence-electron chi connectivity index (χ3n) is 5.01. The van der Waals surface area contributed by atoms with Crippen molar-refractivity contribution in [3.05, 3.63) is 59.7 Å². The predicted octanol–water partition coefficient (Wildman–Crippen LogP) is 5.15. The van der Waals surface area contributed by atoms with Crippen LogP contribution in [0.2, 0.25) is 0 Å². The Morgan fingerprint density at radius 2 is 1.53 bits per heavy atom. The number of amides is 1. The van der Waals surface area contributed by atoms with Gasteiger partial charge in [0.25, 0.3) is 0 Å². The highest BCUT2D eigenvalue weighted by atomic mass is 16.6. The number of hydrogen-bond donors (Lipinski definition) is 3. The molecule has 0 aromatic heterocycles. The zero-order chi connectivity index (χ0) is 23.6. The van der Waals surface area contributed by atoms with Gasteiger partial charge in [0.15, 0.2) is 0 Å². The Labute approximate surface area is 191 Å². The summed E-state index contributed by atoms with van der Waals surface area (Å²) in [5.41, 5.74) is 4.07. The van der Waals surface area contributed by atoms with E-state index in [1.807, 2.05) is 12.1 Å². The Morgan fingerprint density at radius 1 is 0.969 bits per heavy atom. The second-order valence-corrected chi connectivity index (χ2v) is 8.99. The molecule has 0 fully saturated rings. The van der Waals surface area contributed by atoms with Crippen molar-refractivity contribution in [3.63, 3.8) is 0 Å². The average molecular weight is 441 g/mol. The highest BCUT2D eigenvalue weighted by Crippen LogP contribution is 2.21. The lowest BCUT2D eigenvalue weighted by Crippen LogP contribution is -2.40. The van der Waals surface area contributed by atoms with E-state index in [-0.39, 0.29) is 13.0 Å². The van der Waals surface area contributed by atoms with Gasteiger partial charge in [0, 0.05) is 13.1 Å². The Balaban J connectivity index is 1.84. The Morgan fingerprint density at radius 3 is 2.03 bits per heavy atom. The number of alkyl carbamates (subject to hydrolysis) is 1. The maximum absolute atomic E-state index is 11.7. The molecule has 2 aromatic carbocycles. The van der Waals surface area contributed by atoms with E-state index in [1.165, 1.54) is 24.0 Å². The van der Waals surface area contributed by atoms with Crippen LogP contribution in [-0.4, -0.2) is 35.4 Å². The van der Waals surface area contributed by atoms with Gasteiger partial charge in [-0.15, -0.1) is 0 Å². The molecule has 1 unspecified atom stereocenters. The molecule has 1 atom stereocenters. The smallest absolute Gasteiger partial charge is 0.407 e. The summed E-state index contributed by atoms with van der Waals surface area (Å²) in [6, 6.07) is 16.0. The van der Waals surface area contributed by atoms with E-state index in [1.54, 1.807) is 20.8 Å². The van der Waals surface area contributed by atoms with Gasteiger partial charge in [-0.25, -0.2) is 4.79 Å². The summed E-state index contributed by atoms with van der Waals surface area (Å²) < 4.78 is 5.16. The molecule has 3 N–H and O–H groups in total. The minimum Gasteiger partial charge on any atom is -0.480 e. The van der Waals surface area contributed by atoms with Gasteiger partial charge in [0.1, 0.15) is 11.6 Å². The first-order valence-electron chi connectivity index (χ1n) is 11.3.